The fraction of sp³-hybridized carbons (Fsp3) is 0.600. The van der Waals surface area contributed by atoms with Crippen LogP contribution in [0.4, 0.5) is 0 Å². The average molecular weight is 393 g/mol. The SMILES string of the molecule is CCN(CC)C(=O)C1CCN(C(=O)C2CNNC2c2ccc(Cl)cc2)CC1. The van der Waals surface area contributed by atoms with Crippen molar-refractivity contribution in [3.63, 3.8) is 0 Å². The summed E-state index contributed by atoms with van der Waals surface area (Å²) in [5.74, 6) is 0.276. The Labute approximate surface area is 166 Å². The van der Waals surface area contributed by atoms with Gasteiger partial charge in [0.2, 0.25) is 11.8 Å². The first-order chi connectivity index (χ1) is 13.0. The third kappa shape index (κ3) is 4.45. The standard InChI is InChI=1S/C20H29ClN4O2/c1-3-24(4-2)19(26)15-9-11-25(12-10-15)20(27)17-13-22-23-18(17)14-5-7-16(21)8-6-14/h5-8,15,17-18,22-23H,3-4,9-13H2,1-2H3. The lowest BCUT2D eigenvalue weighted by molar-refractivity contribution is -0.142. The highest BCUT2D eigenvalue weighted by atomic mass is 35.5. The number of piperidine rings is 1. The van der Waals surface area contributed by atoms with E-state index in [1.165, 1.54) is 0 Å². The van der Waals surface area contributed by atoms with Crippen molar-refractivity contribution >= 4 is 23.4 Å². The molecule has 3 rings (SSSR count). The number of rotatable bonds is 5. The van der Waals surface area contributed by atoms with E-state index >= 15 is 0 Å². The van der Waals surface area contributed by atoms with Gasteiger partial charge in [0.25, 0.3) is 0 Å². The molecule has 0 spiro atoms. The van der Waals surface area contributed by atoms with Crippen LogP contribution in [0.5, 0.6) is 0 Å². The molecule has 2 amide bonds. The Morgan fingerprint density at radius 1 is 1.15 bits per heavy atom. The van der Waals surface area contributed by atoms with E-state index in [-0.39, 0.29) is 29.7 Å². The average Bonchev–Trinajstić information content (AvgIpc) is 3.19. The summed E-state index contributed by atoms with van der Waals surface area (Å²) in [5.41, 5.74) is 7.39. The molecule has 0 saturated carbocycles. The van der Waals surface area contributed by atoms with Crippen LogP contribution >= 0.6 is 11.6 Å². The summed E-state index contributed by atoms with van der Waals surface area (Å²) < 4.78 is 0. The van der Waals surface area contributed by atoms with Crippen LogP contribution in [0.2, 0.25) is 5.02 Å². The number of benzene rings is 1. The molecule has 2 fully saturated rings. The number of halogens is 1. The third-order valence-corrected chi connectivity index (χ3v) is 6.01. The number of hydrazine groups is 1. The topological polar surface area (TPSA) is 64.7 Å². The van der Waals surface area contributed by atoms with E-state index in [2.05, 4.69) is 10.9 Å². The van der Waals surface area contributed by atoms with Crippen LogP contribution < -0.4 is 10.9 Å². The molecule has 2 heterocycles. The zero-order chi connectivity index (χ0) is 19.4. The van der Waals surface area contributed by atoms with Gasteiger partial charge < -0.3 is 9.80 Å². The van der Waals surface area contributed by atoms with Crippen molar-refractivity contribution in [2.24, 2.45) is 11.8 Å². The van der Waals surface area contributed by atoms with Crippen molar-refractivity contribution < 1.29 is 9.59 Å². The van der Waals surface area contributed by atoms with Gasteiger partial charge in [-0.1, -0.05) is 23.7 Å². The van der Waals surface area contributed by atoms with Crippen molar-refractivity contribution in [3.05, 3.63) is 34.9 Å². The van der Waals surface area contributed by atoms with Crippen LogP contribution in [0.3, 0.4) is 0 Å². The summed E-state index contributed by atoms with van der Waals surface area (Å²) in [6.07, 6.45) is 1.50. The largest absolute Gasteiger partial charge is 0.343 e. The van der Waals surface area contributed by atoms with Gasteiger partial charge >= 0.3 is 0 Å². The van der Waals surface area contributed by atoms with Crippen molar-refractivity contribution in [1.29, 1.82) is 0 Å². The quantitative estimate of drug-likeness (QED) is 0.806. The van der Waals surface area contributed by atoms with Crippen molar-refractivity contribution in [2.45, 2.75) is 32.7 Å². The molecule has 2 aliphatic rings. The van der Waals surface area contributed by atoms with E-state index in [1.54, 1.807) is 0 Å². The molecule has 6 nitrogen and oxygen atoms in total. The Kier molecular flexibility index (Phi) is 6.73. The number of likely N-dealkylation sites (tertiary alicyclic amines) is 1. The smallest absolute Gasteiger partial charge is 0.229 e. The second-order valence-electron chi connectivity index (χ2n) is 7.27. The number of amides is 2. The van der Waals surface area contributed by atoms with E-state index < -0.39 is 0 Å². The molecule has 1 aromatic carbocycles. The van der Waals surface area contributed by atoms with Gasteiger partial charge in [0.05, 0.1) is 12.0 Å². The predicted octanol–water partition coefficient (Wildman–Crippen LogP) is 2.21. The summed E-state index contributed by atoms with van der Waals surface area (Å²) in [6, 6.07) is 7.56. The molecule has 7 heteroatoms. The third-order valence-electron chi connectivity index (χ3n) is 5.76. The van der Waals surface area contributed by atoms with Gasteiger partial charge in [-0.25, -0.2) is 5.43 Å². The van der Waals surface area contributed by atoms with Gasteiger partial charge in [-0.15, -0.1) is 0 Å². The highest BCUT2D eigenvalue weighted by molar-refractivity contribution is 6.30. The molecule has 0 aromatic heterocycles. The van der Waals surface area contributed by atoms with Gasteiger partial charge in [-0.3, -0.25) is 15.0 Å². The lowest BCUT2D eigenvalue weighted by Crippen LogP contribution is -2.47. The predicted molar refractivity (Wildman–Crippen MR) is 106 cm³/mol. The van der Waals surface area contributed by atoms with E-state index in [1.807, 2.05) is 47.9 Å². The zero-order valence-corrected chi connectivity index (χ0v) is 16.8. The fourth-order valence-corrected chi connectivity index (χ4v) is 4.21. The van der Waals surface area contributed by atoms with Crippen LogP contribution in [0.25, 0.3) is 0 Å². The molecule has 148 valence electrons. The minimum atomic E-state index is -0.152. The number of hydrogen-bond donors (Lipinski definition) is 2. The van der Waals surface area contributed by atoms with Gasteiger partial charge in [-0.05, 0) is 44.4 Å². The molecule has 27 heavy (non-hydrogen) atoms. The fourth-order valence-electron chi connectivity index (χ4n) is 4.09. The van der Waals surface area contributed by atoms with Crippen molar-refractivity contribution in [2.75, 3.05) is 32.7 Å². The Morgan fingerprint density at radius 3 is 2.37 bits per heavy atom. The molecule has 2 atom stereocenters. The molecule has 1 aromatic rings. The Morgan fingerprint density at radius 2 is 1.78 bits per heavy atom. The summed E-state index contributed by atoms with van der Waals surface area (Å²) in [5, 5.41) is 0.688. The molecule has 0 bridgehead atoms. The van der Waals surface area contributed by atoms with Crippen LogP contribution in [0, 0.1) is 11.8 Å². The maximum Gasteiger partial charge on any atom is 0.229 e. The van der Waals surface area contributed by atoms with Crippen molar-refractivity contribution in [1.82, 2.24) is 20.7 Å². The molecule has 2 aliphatic heterocycles. The minimum absolute atomic E-state index is 0.0424. The highest BCUT2D eigenvalue weighted by Gasteiger charge is 2.38. The Bertz CT molecular complexity index is 654. The zero-order valence-electron chi connectivity index (χ0n) is 16.1. The lowest BCUT2D eigenvalue weighted by Gasteiger charge is -2.35. The molecular formula is C20H29ClN4O2. The highest BCUT2D eigenvalue weighted by Crippen LogP contribution is 2.29. The van der Waals surface area contributed by atoms with Crippen LogP contribution in [0.1, 0.15) is 38.3 Å². The van der Waals surface area contributed by atoms with E-state index in [9.17, 15) is 9.59 Å². The number of nitrogens with one attached hydrogen (secondary N) is 2. The first-order valence-electron chi connectivity index (χ1n) is 9.86. The van der Waals surface area contributed by atoms with Gasteiger partial charge in [-0.2, -0.15) is 0 Å². The number of carbonyl (C=O) groups is 2. The molecule has 0 radical (unpaired) electrons. The Balaban J connectivity index is 1.60. The molecule has 2 N–H and O–H groups in total. The first-order valence-corrected chi connectivity index (χ1v) is 10.2. The van der Waals surface area contributed by atoms with Crippen molar-refractivity contribution in [3.8, 4) is 0 Å². The summed E-state index contributed by atoms with van der Waals surface area (Å²) in [7, 11) is 0. The number of hydrogen-bond acceptors (Lipinski definition) is 4. The molecule has 2 saturated heterocycles. The summed E-state index contributed by atoms with van der Waals surface area (Å²) >= 11 is 5.98. The second kappa shape index (κ2) is 9.04. The maximum absolute atomic E-state index is 13.1. The number of nitrogens with zero attached hydrogens (tertiary/aromatic N) is 2. The first kappa shape index (κ1) is 20.1. The van der Waals surface area contributed by atoms with Crippen LogP contribution in [-0.4, -0.2) is 54.3 Å². The second-order valence-corrected chi connectivity index (χ2v) is 7.71. The van der Waals surface area contributed by atoms with Gasteiger partial charge in [0.15, 0.2) is 0 Å². The minimum Gasteiger partial charge on any atom is -0.343 e. The van der Waals surface area contributed by atoms with Crippen LogP contribution in [0.15, 0.2) is 24.3 Å². The van der Waals surface area contributed by atoms with Gasteiger partial charge in [0.1, 0.15) is 0 Å². The normalized spacial score (nSPS) is 23.4. The number of carbonyl (C=O) groups excluding carboxylic acids is 2. The van der Waals surface area contributed by atoms with Gasteiger partial charge in [0, 0.05) is 43.7 Å². The molecular weight excluding hydrogens is 364 g/mol. The van der Waals surface area contributed by atoms with E-state index in [4.69, 9.17) is 11.6 Å². The van der Waals surface area contributed by atoms with Crippen LogP contribution in [-0.2, 0) is 9.59 Å². The van der Waals surface area contributed by atoms with E-state index in [0.29, 0.717) is 24.7 Å². The Hall–Kier alpha value is -1.63. The lowest BCUT2D eigenvalue weighted by atomic mass is 9.91. The molecule has 2 unspecified atom stereocenters. The molecule has 0 aliphatic carbocycles. The summed E-state index contributed by atoms with van der Waals surface area (Å²) in [6.45, 7) is 7.42. The monoisotopic (exact) mass is 392 g/mol. The van der Waals surface area contributed by atoms with E-state index in [0.717, 1.165) is 31.5 Å². The summed E-state index contributed by atoms with van der Waals surface area (Å²) in [4.78, 5) is 29.5. The maximum atomic E-state index is 13.1.